The van der Waals surface area contributed by atoms with Crippen LogP contribution in [-0.2, 0) is 18.4 Å². The highest BCUT2D eigenvalue weighted by Crippen LogP contribution is 2.63. The van der Waals surface area contributed by atoms with Gasteiger partial charge >= 0.3 is 5.97 Å². The normalized spacial score (nSPS) is 23.9. The zero-order chi connectivity index (χ0) is 26.5. The molecule has 0 aromatic rings. The first-order chi connectivity index (χ1) is 15.1. The topological polar surface area (TPSA) is 44.8 Å². The smallest absolute Gasteiger partial charge is 0.303 e. The number of hydrogen-bond acceptors (Lipinski definition) is 4. The van der Waals surface area contributed by atoms with Gasteiger partial charge in [-0.05, 0) is 82.2 Å². The van der Waals surface area contributed by atoms with E-state index in [4.69, 9.17) is 13.6 Å². The van der Waals surface area contributed by atoms with Gasteiger partial charge in [0.05, 0.1) is 0 Å². The molecule has 2 aliphatic rings. The second-order valence-electron chi connectivity index (χ2n) is 14.7. The summed E-state index contributed by atoms with van der Waals surface area (Å²) in [4.78, 5) is 11.9. The van der Waals surface area contributed by atoms with E-state index in [1.165, 1.54) is 18.1 Å². The molecule has 0 bridgehead atoms. The molecule has 1 fully saturated rings. The third kappa shape index (κ3) is 6.27. The van der Waals surface area contributed by atoms with Crippen LogP contribution in [0.15, 0.2) is 11.1 Å². The van der Waals surface area contributed by atoms with Crippen LogP contribution in [0.5, 0.6) is 0 Å². The monoisotopic (exact) mass is 510 g/mol. The SMILES string of the molecule is CC(=O)OC(C)(C)[C@H]1CCC(C)=C1[C@@H]1CC1(CO[Si](C)(C)C(C)(C)C)CO[Si](C)(C)C(C)(C)C. The van der Waals surface area contributed by atoms with E-state index >= 15 is 0 Å². The number of carbonyl (C=O) groups is 1. The van der Waals surface area contributed by atoms with E-state index < -0.39 is 22.2 Å². The predicted molar refractivity (Wildman–Crippen MR) is 148 cm³/mol. The highest BCUT2D eigenvalue weighted by Gasteiger charge is 2.61. The van der Waals surface area contributed by atoms with Crippen molar-refractivity contribution in [2.24, 2.45) is 17.3 Å². The fourth-order valence-electron chi connectivity index (χ4n) is 4.89. The summed E-state index contributed by atoms with van der Waals surface area (Å²) in [7, 11) is -3.75. The number of carbonyl (C=O) groups excluding carboxylic acids is 1. The number of ether oxygens (including phenoxy) is 1. The first-order valence-electron chi connectivity index (χ1n) is 13.2. The number of esters is 1. The Hall–Kier alpha value is -0.436. The Kier molecular flexibility index (Phi) is 8.29. The lowest BCUT2D eigenvalue weighted by Crippen LogP contribution is -2.45. The molecule has 6 heteroatoms. The second kappa shape index (κ2) is 9.46. The van der Waals surface area contributed by atoms with Crippen molar-refractivity contribution in [2.75, 3.05) is 13.2 Å². The standard InChI is InChI=1S/C28H54O4Si2/c1-20-15-16-22(27(9,10)32-21(2)29)24(20)23-17-28(23,18-30-33(11,12)25(3,4)5)19-31-34(13,14)26(6,7)8/h22-23H,15-19H2,1-14H3/t22-,23-/m0/s1. The van der Waals surface area contributed by atoms with E-state index in [0.29, 0.717) is 5.92 Å². The Labute approximate surface area is 212 Å². The average Bonchev–Trinajstić information content (AvgIpc) is 3.19. The molecule has 0 amide bonds. The summed E-state index contributed by atoms with van der Waals surface area (Å²) in [5, 5.41) is 0.364. The van der Waals surface area contributed by atoms with Gasteiger partial charge in [0.2, 0.25) is 0 Å². The molecule has 4 nitrogen and oxygen atoms in total. The molecule has 0 aliphatic heterocycles. The van der Waals surface area contributed by atoms with Gasteiger partial charge in [-0.2, -0.15) is 0 Å². The Morgan fingerprint density at radius 1 is 0.912 bits per heavy atom. The minimum Gasteiger partial charge on any atom is -0.459 e. The van der Waals surface area contributed by atoms with Gasteiger partial charge in [0.15, 0.2) is 16.6 Å². The summed E-state index contributed by atoms with van der Waals surface area (Å²) in [6, 6.07) is 0. The Balaban J connectivity index is 2.35. The fraction of sp³-hybridized carbons (Fsp3) is 0.893. The van der Waals surface area contributed by atoms with Crippen molar-refractivity contribution < 1.29 is 18.4 Å². The molecule has 2 aliphatic carbocycles. The van der Waals surface area contributed by atoms with E-state index in [2.05, 4.69) is 88.5 Å². The molecule has 0 aromatic heterocycles. The van der Waals surface area contributed by atoms with Gasteiger partial charge in [0, 0.05) is 31.5 Å². The molecule has 2 atom stereocenters. The van der Waals surface area contributed by atoms with Gasteiger partial charge in [-0.15, -0.1) is 0 Å². The summed E-state index contributed by atoms with van der Waals surface area (Å²) in [6.45, 7) is 32.7. The van der Waals surface area contributed by atoms with Crippen molar-refractivity contribution >= 4 is 22.6 Å². The zero-order valence-corrected chi connectivity index (χ0v) is 26.8. The number of rotatable bonds is 9. The molecule has 0 N–H and O–H groups in total. The predicted octanol–water partition coefficient (Wildman–Crippen LogP) is 8.10. The maximum absolute atomic E-state index is 11.9. The lowest BCUT2D eigenvalue weighted by atomic mass is 9.81. The Bertz CT molecular complexity index is 766. The summed E-state index contributed by atoms with van der Waals surface area (Å²) in [5.41, 5.74) is 2.53. The lowest BCUT2D eigenvalue weighted by molar-refractivity contribution is -0.157. The van der Waals surface area contributed by atoms with Crippen molar-refractivity contribution in [3.63, 3.8) is 0 Å². The lowest BCUT2D eigenvalue weighted by Gasteiger charge is -2.40. The molecule has 0 heterocycles. The van der Waals surface area contributed by atoms with Crippen LogP contribution in [0.4, 0.5) is 0 Å². The molecule has 198 valence electrons. The average molecular weight is 511 g/mol. The molecule has 0 spiro atoms. The van der Waals surface area contributed by atoms with Crippen LogP contribution in [-0.4, -0.2) is 41.4 Å². The Morgan fingerprint density at radius 3 is 1.74 bits per heavy atom. The second-order valence-corrected chi connectivity index (χ2v) is 24.4. The third-order valence-corrected chi connectivity index (χ3v) is 18.5. The molecule has 0 saturated heterocycles. The van der Waals surface area contributed by atoms with E-state index in [0.717, 1.165) is 32.5 Å². The minimum atomic E-state index is -1.88. The van der Waals surface area contributed by atoms with Crippen molar-refractivity contribution in [3.05, 3.63) is 11.1 Å². The molecule has 0 aromatic carbocycles. The van der Waals surface area contributed by atoms with Crippen LogP contribution in [0, 0.1) is 17.3 Å². The first kappa shape index (κ1) is 29.8. The van der Waals surface area contributed by atoms with E-state index in [1.807, 2.05) is 0 Å². The zero-order valence-electron chi connectivity index (χ0n) is 24.8. The van der Waals surface area contributed by atoms with Crippen LogP contribution < -0.4 is 0 Å². The maximum Gasteiger partial charge on any atom is 0.303 e. The summed E-state index contributed by atoms with van der Waals surface area (Å²) in [6.07, 6.45) is 3.25. The third-order valence-electron chi connectivity index (χ3n) is 9.54. The minimum absolute atomic E-state index is 0.0243. The molecule has 1 saturated carbocycles. The Morgan fingerprint density at radius 2 is 1.35 bits per heavy atom. The highest BCUT2D eigenvalue weighted by atomic mass is 28.4. The van der Waals surface area contributed by atoms with Crippen molar-refractivity contribution in [1.29, 1.82) is 0 Å². The van der Waals surface area contributed by atoms with Crippen molar-refractivity contribution in [3.8, 4) is 0 Å². The summed E-state index contributed by atoms with van der Waals surface area (Å²) in [5.74, 6) is 0.520. The molecular weight excluding hydrogens is 456 g/mol. The molecule has 34 heavy (non-hydrogen) atoms. The van der Waals surface area contributed by atoms with Crippen LogP contribution in [0.25, 0.3) is 0 Å². The van der Waals surface area contributed by atoms with Gasteiger partial charge in [-0.25, -0.2) is 0 Å². The molecule has 0 radical (unpaired) electrons. The van der Waals surface area contributed by atoms with Gasteiger partial charge in [-0.3, -0.25) is 4.79 Å². The number of allylic oxidation sites excluding steroid dienone is 1. The molecule has 2 rings (SSSR count). The quantitative estimate of drug-likeness (QED) is 0.178. The fourth-order valence-corrected chi connectivity index (χ4v) is 7.05. The van der Waals surface area contributed by atoms with Crippen molar-refractivity contribution in [1.82, 2.24) is 0 Å². The van der Waals surface area contributed by atoms with Gasteiger partial charge in [0.1, 0.15) is 5.60 Å². The van der Waals surface area contributed by atoms with Gasteiger partial charge in [0.25, 0.3) is 0 Å². The van der Waals surface area contributed by atoms with Crippen molar-refractivity contribution in [2.45, 2.75) is 130 Å². The number of hydrogen-bond donors (Lipinski definition) is 0. The molecule has 0 unspecified atom stereocenters. The first-order valence-corrected chi connectivity index (χ1v) is 19.0. The van der Waals surface area contributed by atoms with Crippen LogP contribution >= 0.6 is 0 Å². The summed E-state index contributed by atoms with van der Waals surface area (Å²) >= 11 is 0. The van der Waals surface area contributed by atoms with E-state index in [1.54, 1.807) is 0 Å². The van der Waals surface area contributed by atoms with E-state index in [9.17, 15) is 4.79 Å². The van der Waals surface area contributed by atoms with Crippen LogP contribution in [0.1, 0.15) is 88.5 Å². The van der Waals surface area contributed by atoms with Gasteiger partial charge in [-0.1, -0.05) is 52.7 Å². The van der Waals surface area contributed by atoms with Crippen LogP contribution in [0.3, 0.4) is 0 Å². The van der Waals surface area contributed by atoms with Gasteiger partial charge < -0.3 is 13.6 Å². The highest BCUT2D eigenvalue weighted by molar-refractivity contribution is 6.74. The van der Waals surface area contributed by atoms with E-state index in [-0.39, 0.29) is 27.4 Å². The molecular formula is C28H54O4Si2. The van der Waals surface area contributed by atoms with Crippen LogP contribution in [0.2, 0.25) is 36.3 Å². The summed E-state index contributed by atoms with van der Waals surface area (Å²) < 4.78 is 19.5. The maximum atomic E-state index is 11.9. The largest absolute Gasteiger partial charge is 0.459 e.